The van der Waals surface area contributed by atoms with Crippen molar-refractivity contribution in [1.82, 2.24) is 10.2 Å². The number of aromatic nitrogens is 2. The zero-order chi connectivity index (χ0) is 10.9. The number of ether oxygens (including phenoxy) is 1. The van der Waals surface area contributed by atoms with Gasteiger partial charge in [-0.05, 0) is 18.0 Å². The summed E-state index contributed by atoms with van der Waals surface area (Å²) in [6, 6.07) is 0. The van der Waals surface area contributed by atoms with Gasteiger partial charge in [-0.2, -0.15) is 0 Å². The zero-order valence-electron chi connectivity index (χ0n) is 9.04. The predicted molar refractivity (Wildman–Crippen MR) is 63.3 cm³/mol. The molecular formula is C10H17ClN2OS. The highest BCUT2D eigenvalue weighted by Gasteiger charge is 2.00. The number of nitrogens with zero attached hydrogens (tertiary/aromatic N) is 2. The van der Waals surface area contributed by atoms with Crippen LogP contribution in [0.5, 0.6) is 0 Å². The summed E-state index contributed by atoms with van der Waals surface area (Å²) in [6.07, 6.45) is 6.30. The van der Waals surface area contributed by atoms with E-state index in [9.17, 15) is 0 Å². The molecule has 86 valence electrons. The van der Waals surface area contributed by atoms with Crippen LogP contribution in [0.15, 0.2) is 0 Å². The quantitative estimate of drug-likeness (QED) is 0.659. The summed E-state index contributed by atoms with van der Waals surface area (Å²) >= 11 is 7.02. The van der Waals surface area contributed by atoms with Crippen molar-refractivity contribution in [2.75, 3.05) is 6.61 Å². The van der Waals surface area contributed by atoms with Gasteiger partial charge in [0.1, 0.15) is 11.6 Å². The molecule has 0 aliphatic carbocycles. The maximum Gasteiger partial charge on any atom is 0.207 e. The molecule has 1 rings (SSSR count). The first kappa shape index (κ1) is 12.9. The van der Waals surface area contributed by atoms with E-state index in [1.807, 2.05) is 0 Å². The van der Waals surface area contributed by atoms with E-state index in [1.54, 1.807) is 0 Å². The van der Waals surface area contributed by atoms with Crippen molar-refractivity contribution < 1.29 is 4.74 Å². The summed E-state index contributed by atoms with van der Waals surface area (Å²) in [6.45, 7) is 3.56. The molecule has 1 aromatic heterocycles. The molecule has 5 heteroatoms. The summed E-state index contributed by atoms with van der Waals surface area (Å²) in [5, 5.41) is 8.44. The Balaban J connectivity index is 1.93. The molecule has 3 nitrogen and oxygen atoms in total. The monoisotopic (exact) mass is 248 g/mol. The Morgan fingerprint density at radius 1 is 1.20 bits per heavy atom. The lowest BCUT2D eigenvalue weighted by molar-refractivity contribution is 0.116. The predicted octanol–water partition coefficient (Wildman–Crippen LogP) is 3.68. The fourth-order valence-electron chi connectivity index (χ4n) is 1.26. The summed E-state index contributed by atoms with van der Waals surface area (Å²) < 4.78 is 5.95. The molecule has 0 radical (unpaired) electrons. The summed E-state index contributed by atoms with van der Waals surface area (Å²) in [5.41, 5.74) is 0. The van der Waals surface area contributed by atoms with Crippen molar-refractivity contribution >= 4 is 22.9 Å². The van der Waals surface area contributed by atoms with Crippen LogP contribution in [-0.2, 0) is 11.3 Å². The zero-order valence-corrected chi connectivity index (χ0v) is 10.6. The molecule has 0 bridgehead atoms. The van der Waals surface area contributed by atoms with Crippen LogP contribution < -0.4 is 0 Å². The van der Waals surface area contributed by atoms with Crippen molar-refractivity contribution in [1.29, 1.82) is 0 Å². The number of rotatable bonds is 8. The molecule has 0 N–H and O–H groups in total. The minimum atomic E-state index is 0.483. The second-order valence-electron chi connectivity index (χ2n) is 3.42. The van der Waals surface area contributed by atoms with Gasteiger partial charge in [-0.3, -0.25) is 0 Å². The summed E-state index contributed by atoms with van der Waals surface area (Å²) in [7, 11) is 0. The molecule has 0 spiro atoms. The second kappa shape index (κ2) is 8.02. The smallest absolute Gasteiger partial charge is 0.207 e. The molecule has 0 amide bonds. The van der Waals surface area contributed by atoms with Crippen LogP contribution in [0.4, 0.5) is 0 Å². The summed E-state index contributed by atoms with van der Waals surface area (Å²) in [4.78, 5) is 0. The van der Waals surface area contributed by atoms with Crippen LogP contribution >= 0.6 is 22.9 Å². The fraction of sp³-hybridized carbons (Fsp3) is 0.800. The van der Waals surface area contributed by atoms with Crippen LogP contribution in [-0.4, -0.2) is 16.8 Å². The van der Waals surface area contributed by atoms with E-state index in [-0.39, 0.29) is 0 Å². The number of hydrogen-bond donors (Lipinski definition) is 0. The molecule has 0 saturated heterocycles. The van der Waals surface area contributed by atoms with Gasteiger partial charge in [-0.25, -0.2) is 0 Å². The average Bonchev–Trinajstić information content (AvgIpc) is 2.63. The highest BCUT2D eigenvalue weighted by Crippen LogP contribution is 2.15. The molecule has 1 heterocycles. The lowest BCUT2D eigenvalue weighted by atomic mass is 10.2. The number of halogens is 1. The minimum absolute atomic E-state index is 0.483. The molecule has 0 aromatic carbocycles. The standard InChI is InChI=1S/C10H17ClN2OS/c1-2-3-4-5-6-7-14-8-9-12-13-10(11)15-9/h2-8H2,1H3. The molecule has 0 fully saturated rings. The van der Waals surface area contributed by atoms with Crippen molar-refractivity contribution in [2.45, 2.75) is 45.6 Å². The molecule has 1 aromatic rings. The third kappa shape index (κ3) is 6.07. The van der Waals surface area contributed by atoms with Gasteiger partial charge < -0.3 is 4.74 Å². The lowest BCUT2D eigenvalue weighted by Gasteiger charge is -2.01. The first-order valence-corrected chi connectivity index (χ1v) is 6.58. The fourth-order valence-corrected chi connectivity index (χ4v) is 2.06. The van der Waals surface area contributed by atoms with E-state index >= 15 is 0 Å². The maximum atomic E-state index is 5.65. The Hall–Kier alpha value is -0.190. The van der Waals surface area contributed by atoms with Gasteiger partial charge in [0.25, 0.3) is 0 Å². The first-order valence-electron chi connectivity index (χ1n) is 5.38. The van der Waals surface area contributed by atoms with E-state index in [0.29, 0.717) is 11.1 Å². The van der Waals surface area contributed by atoms with Gasteiger partial charge in [0.2, 0.25) is 4.47 Å². The Morgan fingerprint density at radius 2 is 2.00 bits per heavy atom. The van der Waals surface area contributed by atoms with Crippen molar-refractivity contribution in [3.05, 3.63) is 9.47 Å². The van der Waals surface area contributed by atoms with Crippen LogP contribution in [0.1, 0.15) is 44.0 Å². The topological polar surface area (TPSA) is 35.0 Å². The molecular weight excluding hydrogens is 232 g/mol. The highest BCUT2D eigenvalue weighted by atomic mass is 35.5. The molecule has 0 aliphatic heterocycles. The van der Waals surface area contributed by atoms with Crippen molar-refractivity contribution in [3.63, 3.8) is 0 Å². The van der Waals surface area contributed by atoms with Gasteiger partial charge in [0.05, 0.1) is 0 Å². The summed E-state index contributed by atoms with van der Waals surface area (Å²) in [5.74, 6) is 0. The number of unbranched alkanes of at least 4 members (excludes halogenated alkanes) is 4. The molecule has 0 saturated carbocycles. The van der Waals surface area contributed by atoms with Crippen LogP contribution in [0, 0.1) is 0 Å². The van der Waals surface area contributed by atoms with E-state index in [1.165, 1.54) is 37.0 Å². The van der Waals surface area contributed by atoms with Gasteiger partial charge >= 0.3 is 0 Å². The van der Waals surface area contributed by atoms with Gasteiger partial charge in [-0.15, -0.1) is 10.2 Å². The second-order valence-corrected chi connectivity index (χ2v) is 5.06. The Bertz CT molecular complexity index is 268. The lowest BCUT2D eigenvalue weighted by Crippen LogP contribution is -1.95. The van der Waals surface area contributed by atoms with E-state index in [0.717, 1.165) is 18.0 Å². The molecule has 0 aliphatic rings. The van der Waals surface area contributed by atoms with E-state index in [4.69, 9.17) is 16.3 Å². The van der Waals surface area contributed by atoms with Gasteiger partial charge in [0, 0.05) is 6.61 Å². The minimum Gasteiger partial charge on any atom is -0.374 e. The Labute approximate surface area is 99.8 Å². The molecule has 0 unspecified atom stereocenters. The van der Waals surface area contributed by atoms with Crippen LogP contribution in [0.2, 0.25) is 4.47 Å². The number of hydrogen-bond acceptors (Lipinski definition) is 4. The Morgan fingerprint density at radius 3 is 2.67 bits per heavy atom. The first-order chi connectivity index (χ1) is 7.33. The molecule has 0 atom stereocenters. The SMILES string of the molecule is CCCCCCCOCc1nnc(Cl)s1. The van der Waals surface area contributed by atoms with Crippen LogP contribution in [0.3, 0.4) is 0 Å². The van der Waals surface area contributed by atoms with Gasteiger partial charge in [-0.1, -0.05) is 43.9 Å². The van der Waals surface area contributed by atoms with Crippen molar-refractivity contribution in [2.24, 2.45) is 0 Å². The highest BCUT2D eigenvalue weighted by molar-refractivity contribution is 7.15. The molecule has 15 heavy (non-hydrogen) atoms. The third-order valence-corrected chi connectivity index (χ3v) is 3.05. The van der Waals surface area contributed by atoms with Crippen molar-refractivity contribution in [3.8, 4) is 0 Å². The maximum absolute atomic E-state index is 5.65. The van der Waals surface area contributed by atoms with Gasteiger partial charge in [0.15, 0.2) is 0 Å². The Kier molecular flexibility index (Phi) is 6.88. The van der Waals surface area contributed by atoms with E-state index in [2.05, 4.69) is 17.1 Å². The largest absolute Gasteiger partial charge is 0.374 e. The normalized spacial score (nSPS) is 10.8. The third-order valence-electron chi connectivity index (χ3n) is 2.06. The van der Waals surface area contributed by atoms with Crippen LogP contribution in [0.25, 0.3) is 0 Å². The van der Waals surface area contributed by atoms with E-state index < -0.39 is 0 Å². The average molecular weight is 249 g/mol.